The highest BCUT2D eigenvalue weighted by molar-refractivity contribution is 7.11. The van der Waals surface area contributed by atoms with Gasteiger partial charge in [-0.05, 0) is 39.2 Å². The van der Waals surface area contributed by atoms with Crippen molar-refractivity contribution >= 4 is 17.4 Å². The first kappa shape index (κ1) is 18.8. The molecule has 1 unspecified atom stereocenters. The van der Waals surface area contributed by atoms with Crippen LogP contribution in [0.3, 0.4) is 0 Å². The van der Waals surface area contributed by atoms with Crippen molar-refractivity contribution < 1.29 is 14.3 Å². The second kappa shape index (κ2) is 8.14. The third-order valence-electron chi connectivity index (χ3n) is 3.99. The van der Waals surface area contributed by atoms with Crippen LogP contribution in [0.25, 0.3) is 0 Å². The largest absolute Gasteiger partial charge is 0.444 e. The van der Waals surface area contributed by atoms with Crippen molar-refractivity contribution in [1.29, 1.82) is 0 Å². The quantitative estimate of drug-likeness (QED) is 0.778. The summed E-state index contributed by atoms with van der Waals surface area (Å²) < 4.78 is 11.2. The molecular formula is C19H25N3O3S. The number of carbonyl (C=O) groups is 1. The monoisotopic (exact) mass is 375 g/mol. The molecule has 0 spiro atoms. The SMILES string of the molecule is CC(C)(C)OC(=O)N1CCCC1c1nnc(COCc2ccccc2)s1. The summed E-state index contributed by atoms with van der Waals surface area (Å²) in [7, 11) is 0. The van der Waals surface area contributed by atoms with Gasteiger partial charge in [-0.3, -0.25) is 4.90 Å². The molecule has 1 aliphatic heterocycles. The number of aromatic nitrogens is 2. The highest BCUT2D eigenvalue weighted by Gasteiger charge is 2.35. The fourth-order valence-corrected chi connectivity index (χ4v) is 3.78. The van der Waals surface area contributed by atoms with Gasteiger partial charge in [0.15, 0.2) is 0 Å². The molecule has 1 atom stereocenters. The number of amides is 1. The minimum absolute atomic E-state index is 0.0507. The third kappa shape index (κ3) is 5.02. The summed E-state index contributed by atoms with van der Waals surface area (Å²) in [6.45, 7) is 7.29. The maximum absolute atomic E-state index is 12.4. The average Bonchev–Trinajstić information content (AvgIpc) is 3.23. The molecule has 3 rings (SSSR count). The first-order valence-corrected chi connectivity index (χ1v) is 9.67. The van der Waals surface area contributed by atoms with E-state index in [9.17, 15) is 4.79 Å². The smallest absolute Gasteiger partial charge is 0.410 e. The fraction of sp³-hybridized carbons (Fsp3) is 0.526. The highest BCUT2D eigenvalue weighted by Crippen LogP contribution is 2.34. The first-order valence-electron chi connectivity index (χ1n) is 8.86. The molecule has 0 aliphatic carbocycles. The number of hydrogen-bond donors (Lipinski definition) is 0. The highest BCUT2D eigenvalue weighted by atomic mass is 32.1. The summed E-state index contributed by atoms with van der Waals surface area (Å²) in [5.41, 5.74) is 0.631. The van der Waals surface area contributed by atoms with Crippen molar-refractivity contribution in [3.63, 3.8) is 0 Å². The molecule has 0 saturated carbocycles. The number of nitrogens with zero attached hydrogens (tertiary/aromatic N) is 3. The van der Waals surface area contributed by atoms with Crippen LogP contribution in [0.1, 0.15) is 55.2 Å². The van der Waals surface area contributed by atoms with E-state index in [2.05, 4.69) is 10.2 Å². The average molecular weight is 375 g/mol. The molecule has 0 N–H and O–H groups in total. The second-order valence-corrected chi connectivity index (χ2v) is 8.44. The molecule has 1 aromatic carbocycles. The summed E-state index contributed by atoms with van der Waals surface area (Å²) in [4.78, 5) is 14.2. The van der Waals surface area contributed by atoms with Crippen molar-refractivity contribution in [2.45, 2.75) is 58.5 Å². The van der Waals surface area contributed by atoms with E-state index in [4.69, 9.17) is 9.47 Å². The van der Waals surface area contributed by atoms with Crippen LogP contribution in [0.15, 0.2) is 30.3 Å². The summed E-state index contributed by atoms with van der Waals surface area (Å²) in [5.74, 6) is 0. The standard InChI is InChI=1S/C19H25N3O3S/c1-19(2,3)25-18(23)22-11-7-10-15(22)17-21-20-16(26-17)13-24-12-14-8-5-4-6-9-14/h4-6,8-9,15H,7,10-13H2,1-3H3. The van der Waals surface area contributed by atoms with E-state index in [1.165, 1.54) is 11.3 Å². The predicted octanol–water partition coefficient (Wildman–Crippen LogP) is 4.33. The summed E-state index contributed by atoms with van der Waals surface area (Å²) in [6, 6.07) is 9.98. The molecule has 26 heavy (non-hydrogen) atoms. The van der Waals surface area contributed by atoms with Crippen molar-refractivity contribution in [2.75, 3.05) is 6.54 Å². The summed E-state index contributed by atoms with van der Waals surface area (Å²) in [6.07, 6.45) is 1.55. The Labute approximate surface area is 158 Å². The zero-order valence-electron chi connectivity index (χ0n) is 15.5. The van der Waals surface area contributed by atoms with Crippen LogP contribution in [0, 0.1) is 0 Å². The minimum Gasteiger partial charge on any atom is -0.444 e. The van der Waals surface area contributed by atoms with Gasteiger partial charge < -0.3 is 9.47 Å². The normalized spacial score (nSPS) is 17.5. The number of carbonyl (C=O) groups excluding carboxylic acids is 1. The molecule has 1 fully saturated rings. The zero-order valence-corrected chi connectivity index (χ0v) is 16.3. The van der Waals surface area contributed by atoms with E-state index in [1.807, 2.05) is 51.1 Å². The second-order valence-electron chi connectivity index (χ2n) is 7.34. The van der Waals surface area contributed by atoms with Gasteiger partial charge in [-0.2, -0.15) is 0 Å². The van der Waals surface area contributed by atoms with E-state index in [-0.39, 0.29) is 12.1 Å². The lowest BCUT2D eigenvalue weighted by molar-refractivity contribution is 0.0224. The Hall–Kier alpha value is -1.99. The van der Waals surface area contributed by atoms with Gasteiger partial charge in [0.1, 0.15) is 22.2 Å². The first-order chi connectivity index (χ1) is 12.4. The van der Waals surface area contributed by atoms with Gasteiger partial charge in [0, 0.05) is 6.54 Å². The van der Waals surface area contributed by atoms with E-state index in [0.29, 0.717) is 19.8 Å². The van der Waals surface area contributed by atoms with Gasteiger partial charge in [0.05, 0.1) is 12.6 Å². The van der Waals surface area contributed by atoms with Gasteiger partial charge >= 0.3 is 6.09 Å². The van der Waals surface area contributed by atoms with Gasteiger partial charge in [0.2, 0.25) is 0 Å². The molecule has 1 saturated heterocycles. The number of rotatable bonds is 5. The van der Waals surface area contributed by atoms with Crippen molar-refractivity contribution in [1.82, 2.24) is 15.1 Å². The maximum Gasteiger partial charge on any atom is 0.410 e. The van der Waals surface area contributed by atoms with E-state index < -0.39 is 5.60 Å². The lowest BCUT2D eigenvalue weighted by Gasteiger charge is -2.27. The van der Waals surface area contributed by atoms with Crippen LogP contribution in [-0.2, 0) is 22.7 Å². The van der Waals surface area contributed by atoms with Crippen molar-refractivity contribution in [2.24, 2.45) is 0 Å². The Morgan fingerprint density at radius 3 is 2.73 bits per heavy atom. The van der Waals surface area contributed by atoms with Crippen molar-refractivity contribution in [3.05, 3.63) is 45.9 Å². The summed E-state index contributed by atoms with van der Waals surface area (Å²) >= 11 is 1.51. The topological polar surface area (TPSA) is 64.5 Å². The zero-order chi connectivity index (χ0) is 18.6. The van der Waals surface area contributed by atoms with Gasteiger partial charge in [0.25, 0.3) is 0 Å². The molecule has 2 aromatic rings. The lowest BCUT2D eigenvalue weighted by Crippen LogP contribution is -2.36. The lowest BCUT2D eigenvalue weighted by atomic mass is 10.2. The number of likely N-dealkylation sites (tertiary alicyclic amines) is 1. The molecule has 0 radical (unpaired) electrons. The van der Waals surface area contributed by atoms with Crippen LogP contribution in [0.5, 0.6) is 0 Å². The molecule has 1 aliphatic rings. The molecule has 0 bridgehead atoms. The number of hydrogen-bond acceptors (Lipinski definition) is 6. The van der Waals surface area contributed by atoms with Gasteiger partial charge in [-0.15, -0.1) is 10.2 Å². The Bertz CT molecular complexity index is 727. The Morgan fingerprint density at radius 1 is 1.23 bits per heavy atom. The third-order valence-corrected chi connectivity index (χ3v) is 4.98. The van der Waals surface area contributed by atoms with Gasteiger partial charge in [-0.25, -0.2) is 4.79 Å². The number of ether oxygens (including phenoxy) is 2. The fourth-order valence-electron chi connectivity index (χ4n) is 2.85. The maximum atomic E-state index is 12.4. The van der Waals surface area contributed by atoms with E-state index >= 15 is 0 Å². The predicted molar refractivity (Wildman–Crippen MR) is 99.8 cm³/mol. The minimum atomic E-state index is -0.498. The van der Waals surface area contributed by atoms with Crippen LogP contribution in [0.2, 0.25) is 0 Å². The Kier molecular flexibility index (Phi) is 5.88. The molecule has 6 nitrogen and oxygen atoms in total. The Morgan fingerprint density at radius 2 is 2.00 bits per heavy atom. The van der Waals surface area contributed by atoms with Crippen LogP contribution >= 0.6 is 11.3 Å². The molecule has 140 valence electrons. The van der Waals surface area contributed by atoms with E-state index in [1.54, 1.807) is 4.90 Å². The van der Waals surface area contributed by atoms with Crippen molar-refractivity contribution in [3.8, 4) is 0 Å². The molecular weight excluding hydrogens is 350 g/mol. The van der Waals surface area contributed by atoms with Crippen LogP contribution in [0.4, 0.5) is 4.79 Å². The molecule has 7 heteroatoms. The van der Waals surface area contributed by atoms with Crippen LogP contribution in [-0.4, -0.2) is 33.3 Å². The molecule has 2 heterocycles. The Balaban J connectivity index is 1.57. The van der Waals surface area contributed by atoms with Gasteiger partial charge in [-0.1, -0.05) is 41.7 Å². The number of benzene rings is 1. The van der Waals surface area contributed by atoms with E-state index in [0.717, 1.165) is 28.4 Å². The molecule has 1 amide bonds. The van der Waals surface area contributed by atoms with Crippen LogP contribution < -0.4 is 0 Å². The summed E-state index contributed by atoms with van der Waals surface area (Å²) in [5, 5.41) is 10.2. The molecule has 1 aromatic heterocycles.